The highest BCUT2D eigenvalue weighted by molar-refractivity contribution is 5.25. The number of hydrogen-bond donors (Lipinski definition) is 1. The minimum absolute atomic E-state index is 0.105. The monoisotopic (exact) mass is 378 g/mol. The number of alkyl halides is 3. The predicted octanol–water partition coefficient (Wildman–Crippen LogP) is 3.77. The van der Waals surface area contributed by atoms with E-state index in [1.165, 1.54) is 17.7 Å². The number of rotatable bonds is 6. The molecule has 2 aromatic carbocycles. The van der Waals surface area contributed by atoms with Crippen LogP contribution in [0.25, 0.3) is 0 Å². The van der Waals surface area contributed by atoms with Gasteiger partial charge in [0.15, 0.2) is 0 Å². The third-order valence-electron chi connectivity index (χ3n) is 5.04. The van der Waals surface area contributed by atoms with Gasteiger partial charge in [-0.3, -0.25) is 9.80 Å². The van der Waals surface area contributed by atoms with Gasteiger partial charge < -0.3 is 5.11 Å². The molecule has 1 aliphatic rings. The summed E-state index contributed by atoms with van der Waals surface area (Å²) in [5.74, 6) is 0. The second kappa shape index (κ2) is 8.87. The van der Waals surface area contributed by atoms with E-state index < -0.39 is 11.7 Å². The minimum atomic E-state index is -4.32. The highest BCUT2D eigenvalue weighted by Gasteiger charge is 2.31. The highest BCUT2D eigenvalue weighted by Crippen LogP contribution is 2.30. The molecule has 3 rings (SSSR count). The van der Waals surface area contributed by atoms with Gasteiger partial charge in [0.05, 0.1) is 5.56 Å². The third-order valence-corrected chi connectivity index (χ3v) is 5.04. The van der Waals surface area contributed by atoms with Gasteiger partial charge >= 0.3 is 6.18 Å². The Bertz CT molecular complexity index is 721. The molecule has 2 aromatic rings. The molecule has 1 N–H and O–H groups in total. The lowest BCUT2D eigenvalue weighted by Gasteiger charge is -2.41. The quantitative estimate of drug-likeness (QED) is 0.829. The standard InChI is InChI=1S/C21H25F3N2O/c22-21(23,24)19-8-4-7-18(13-19)14-25-10-11-26(20(16-25)9-12-27)15-17-5-2-1-3-6-17/h1-8,13,20,27H,9-12,14-16H2/t20-/m1/s1. The van der Waals surface area contributed by atoms with Crippen molar-refractivity contribution in [1.82, 2.24) is 9.80 Å². The number of piperazine rings is 1. The van der Waals surface area contributed by atoms with Crippen molar-refractivity contribution in [3.63, 3.8) is 0 Å². The smallest absolute Gasteiger partial charge is 0.396 e. The molecule has 0 radical (unpaired) electrons. The van der Waals surface area contributed by atoms with Crippen molar-refractivity contribution >= 4 is 0 Å². The van der Waals surface area contributed by atoms with Gasteiger partial charge in [0.2, 0.25) is 0 Å². The van der Waals surface area contributed by atoms with E-state index in [1.807, 2.05) is 18.2 Å². The van der Waals surface area contributed by atoms with E-state index in [0.29, 0.717) is 18.5 Å². The molecule has 1 saturated heterocycles. The van der Waals surface area contributed by atoms with Gasteiger partial charge in [-0.25, -0.2) is 0 Å². The maximum absolute atomic E-state index is 12.9. The Balaban J connectivity index is 1.64. The summed E-state index contributed by atoms with van der Waals surface area (Å²) in [7, 11) is 0. The number of aliphatic hydroxyl groups excluding tert-OH is 1. The summed E-state index contributed by atoms with van der Waals surface area (Å²) < 4.78 is 38.8. The number of aliphatic hydroxyl groups is 1. The molecule has 0 spiro atoms. The van der Waals surface area contributed by atoms with Crippen LogP contribution >= 0.6 is 0 Å². The average Bonchev–Trinajstić information content (AvgIpc) is 2.64. The molecule has 1 heterocycles. The van der Waals surface area contributed by atoms with Gasteiger partial charge in [0.25, 0.3) is 0 Å². The largest absolute Gasteiger partial charge is 0.416 e. The van der Waals surface area contributed by atoms with Crippen molar-refractivity contribution in [2.45, 2.75) is 31.7 Å². The van der Waals surface area contributed by atoms with E-state index >= 15 is 0 Å². The van der Waals surface area contributed by atoms with Crippen LogP contribution in [-0.4, -0.2) is 47.2 Å². The van der Waals surface area contributed by atoms with E-state index in [9.17, 15) is 18.3 Å². The molecule has 6 heteroatoms. The highest BCUT2D eigenvalue weighted by atomic mass is 19.4. The second-order valence-corrected chi connectivity index (χ2v) is 7.06. The van der Waals surface area contributed by atoms with Crippen molar-refractivity contribution in [2.24, 2.45) is 0 Å². The summed E-state index contributed by atoms with van der Waals surface area (Å²) in [6.07, 6.45) is -3.66. The van der Waals surface area contributed by atoms with Gasteiger partial charge in [-0.05, 0) is 23.6 Å². The molecular weight excluding hydrogens is 353 g/mol. The zero-order valence-electron chi connectivity index (χ0n) is 15.2. The fourth-order valence-corrected chi connectivity index (χ4v) is 3.65. The number of halogens is 3. The van der Waals surface area contributed by atoms with Crippen LogP contribution in [0, 0.1) is 0 Å². The zero-order valence-corrected chi connectivity index (χ0v) is 15.2. The predicted molar refractivity (Wildman–Crippen MR) is 99.1 cm³/mol. The van der Waals surface area contributed by atoms with Crippen molar-refractivity contribution in [1.29, 1.82) is 0 Å². The van der Waals surface area contributed by atoms with E-state index in [1.54, 1.807) is 6.07 Å². The summed E-state index contributed by atoms with van der Waals surface area (Å²) in [5, 5.41) is 9.43. The molecule has 1 fully saturated rings. The minimum Gasteiger partial charge on any atom is -0.396 e. The van der Waals surface area contributed by atoms with Crippen LogP contribution in [0.5, 0.6) is 0 Å². The molecule has 27 heavy (non-hydrogen) atoms. The molecule has 3 nitrogen and oxygen atoms in total. The second-order valence-electron chi connectivity index (χ2n) is 7.06. The topological polar surface area (TPSA) is 26.7 Å². The van der Waals surface area contributed by atoms with Crippen LogP contribution in [0.4, 0.5) is 13.2 Å². The van der Waals surface area contributed by atoms with Gasteiger partial charge in [0.1, 0.15) is 0 Å². The lowest BCUT2D eigenvalue weighted by atomic mass is 10.1. The summed E-state index contributed by atoms with van der Waals surface area (Å²) in [4.78, 5) is 4.53. The Hall–Kier alpha value is -1.89. The Morgan fingerprint density at radius 1 is 0.926 bits per heavy atom. The molecule has 0 saturated carbocycles. The normalized spacial score (nSPS) is 19.3. The number of benzene rings is 2. The van der Waals surface area contributed by atoms with Crippen LogP contribution in [0.15, 0.2) is 54.6 Å². The zero-order chi connectivity index (χ0) is 19.3. The lowest BCUT2D eigenvalue weighted by Crippen LogP contribution is -2.52. The van der Waals surface area contributed by atoms with Crippen molar-refractivity contribution in [3.8, 4) is 0 Å². The first-order valence-corrected chi connectivity index (χ1v) is 9.23. The van der Waals surface area contributed by atoms with Crippen LogP contribution in [0.2, 0.25) is 0 Å². The van der Waals surface area contributed by atoms with Crippen molar-refractivity contribution in [2.75, 3.05) is 26.2 Å². The van der Waals surface area contributed by atoms with Gasteiger partial charge in [-0.1, -0.05) is 48.5 Å². The SMILES string of the molecule is OCC[C@@H]1CN(Cc2cccc(C(F)(F)F)c2)CCN1Cc1ccccc1. The Morgan fingerprint density at radius 2 is 1.67 bits per heavy atom. The summed E-state index contributed by atoms with van der Waals surface area (Å²) in [5.41, 5.74) is 1.30. The molecule has 1 aliphatic heterocycles. The summed E-state index contributed by atoms with van der Waals surface area (Å²) in [6, 6.07) is 15.9. The molecule has 146 valence electrons. The molecule has 0 bridgehead atoms. The third kappa shape index (κ3) is 5.54. The summed E-state index contributed by atoms with van der Waals surface area (Å²) in [6.45, 7) is 3.79. The fraction of sp³-hybridized carbons (Fsp3) is 0.429. The van der Waals surface area contributed by atoms with Crippen LogP contribution in [0.3, 0.4) is 0 Å². The Labute approximate surface area is 158 Å². The molecule has 0 amide bonds. The first kappa shape index (κ1) is 19.9. The number of hydrogen-bond acceptors (Lipinski definition) is 3. The van der Waals surface area contributed by atoms with Gasteiger partial charge in [0, 0.05) is 45.4 Å². The Kier molecular flexibility index (Phi) is 6.52. The van der Waals surface area contributed by atoms with Gasteiger partial charge in [-0.2, -0.15) is 13.2 Å². The molecule has 1 atom stereocenters. The van der Waals surface area contributed by atoms with Crippen LogP contribution in [0.1, 0.15) is 23.1 Å². The molecule has 0 aromatic heterocycles. The molecule has 0 aliphatic carbocycles. The maximum Gasteiger partial charge on any atom is 0.416 e. The number of nitrogens with zero attached hydrogens (tertiary/aromatic N) is 2. The lowest BCUT2D eigenvalue weighted by molar-refractivity contribution is -0.137. The van der Waals surface area contributed by atoms with E-state index in [4.69, 9.17) is 0 Å². The van der Waals surface area contributed by atoms with Gasteiger partial charge in [-0.15, -0.1) is 0 Å². The molecule has 0 unspecified atom stereocenters. The first-order valence-electron chi connectivity index (χ1n) is 9.23. The van der Waals surface area contributed by atoms with E-state index in [2.05, 4.69) is 21.9 Å². The first-order chi connectivity index (χ1) is 13.0. The van der Waals surface area contributed by atoms with Crippen LogP contribution in [-0.2, 0) is 19.3 Å². The average molecular weight is 378 g/mol. The van der Waals surface area contributed by atoms with E-state index in [-0.39, 0.29) is 12.6 Å². The summed E-state index contributed by atoms with van der Waals surface area (Å²) >= 11 is 0. The maximum atomic E-state index is 12.9. The Morgan fingerprint density at radius 3 is 2.37 bits per heavy atom. The van der Waals surface area contributed by atoms with Crippen LogP contribution < -0.4 is 0 Å². The fourth-order valence-electron chi connectivity index (χ4n) is 3.65. The van der Waals surface area contributed by atoms with E-state index in [0.717, 1.165) is 32.2 Å². The van der Waals surface area contributed by atoms with Crippen molar-refractivity contribution < 1.29 is 18.3 Å². The molecular formula is C21H25F3N2O. The van der Waals surface area contributed by atoms with Crippen molar-refractivity contribution in [3.05, 3.63) is 71.3 Å².